The number of rotatable bonds is 5. The van der Waals surface area contributed by atoms with Gasteiger partial charge >= 0.3 is 0 Å². The van der Waals surface area contributed by atoms with Crippen molar-refractivity contribution in [2.24, 2.45) is 0 Å². The van der Waals surface area contributed by atoms with Crippen LogP contribution < -0.4 is 5.32 Å². The molecule has 2 rings (SSSR count). The van der Waals surface area contributed by atoms with Crippen LogP contribution >= 0.6 is 11.3 Å². The van der Waals surface area contributed by atoms with Gasteiger partial charge in [-0.25, -0.2) is 4.98 Å². The van der Waals surface area contributed by atoms with E-state index in [9.17, 15) is 0 Å². The van der Waals surface area contributed by atoms with E-state index < -0.39 is 0 Å². The zero-order chi connectivity index (χ0) is 14.6. The van der Waals surface area contributed by atoms with E-state index in [1.807, 2.05) is 18.5 Å². The molecule has 4 heteroatoms. The molecule has 1 atom stereocenters. The zero-order valence-corrected chi connectivity index (χ0v) is 13.5. The van der Waals surface area contributed by atoms with Crippen molar-refractivity contribution in [1.29, 1.82) is 0 Å². The maximum Gasteiger partial charge on any atom is 0.114 e. The van der Waals surface area contributed by atoms with Crippen LogP contribution in [0, 0.1) is 0 Å². The minimum atomic E-state index is 0.0962. The molecule has 2 heterocycles. The van der Waals surface area contributed by atoms with Gasteiger partial charge in [0.05, 0.1) is 11.7 Å². The summed E-state index contributed by atoms with van der Waals surface area (Å²) in [4.78, 5) is 9.07. The van der Waals surface area contributed by atoms with Gasteiger partial charge in [0, 0.05) is 23.2 Å². The fourth-order valence-electron chi connectivity index (χ4n) is 1.95. The molecule has 20 heavy (non-hydrogen) atoms. The molecular formula is C16H23N3S. The molecular weight excluding hydrogens is 266 g/mol. The summed E-state index contributed by atoms with van der Waals surface area (Å²) >= 11 is 1.73. The Morgan fingerprint density at radius 1 is 1.35 bits per heavy atom. The summed E-state index contributed by atoms with van der Waals surface area (Å²) in [6, 6.07) is 4.23. The monoisotopic (exact) mass is 289 g/mol. The summed E-state index contributed by atoms with van der Waals surface area (Å²) < 4.78 is 0. The Kier molecular flexibility index (Phi) is 4.89. The highest BCUT2D eigenvalue weighted by molar-refractivity contribution is 7.09. The predicted molar refractivity (Wildman–Crippen MR) is 85.2 cm³/mol. The van der Waals surface area contributed by atoms with Crippen molar-refractivity contribution in [3.05, 3.63) is 46.2 Å². The first-order valence-electron chi connectivity index (χ1n) is 7.11. The Balaban J connectivity index is 2.29. The number of nitrogens with one attached hydrogen (secondary N) is 1. The molecule has 0 aliphatic heterocycles. The van der Waals surface area contributed by atoms with Crippen molar-refractivity contribution in [3.8, 4) is 0 Å². The number of nitrogens with zero attached hydrogens (tertiary/aromatic N) is 2. The van der Waals surface area contributed by atoms with Gasteiger partial charge in [-0.15, -0.1) is 11.3 Å². The molecule has 0 saturated heterocycles. The first-order chi connectivity index (χ1) is 9.52. The van der Waals surface area contributed by atoms with E-state index in [1.54, 1.807) is 11.3 Å². The summed E-state index contributed by atoms with van der Waals surface area (Å²) in [6.07, 6.45) is 4.84. The first-order valence-corrected chi connectivity index (χ1v) is 7.99. The molecule has 0 fully saturated rings. The van der Waals surface area contributed by atoms with Crippen molar-refractivity contribution in [2.45, 2.75) is 45.6 Å². The second-order valence-electron chi connectivity index (χ2n) is 5.99. The summed E-state index contributed by atoms with van der Waals surface area (Å²) in [6.45, 7) is 9.75. The smallest absolute Gasteiger partial charge is 0.114 e. The Bertz CT molecular complexity index is 528. The van der Waals surface area contributed by atoms with Gasteiger partial charge in [-0.3, -0.25) is 4.98 Å². The van der Waals surface area contributed by atoms with Crippen LogP contribution in [-0.4, -0.2) is 16.5 Å². The summed E-state index contributed by atoms with van der Waals surface area (Å²) in [5.41, 5.74) is 2.43. The maximum atomic E-state index is 4.84. The molecule has 108 valence electrons. The van der Waals surface area contributed by atoms with Gasteiger partial charge in [-0.1, -0.05) is 33.8 Å². The van der Waals surface area contributed by atoms with Crippen LogP contribution in [0.3, 0.4) is 0 Å². The van der Waals surface area contributed by atoms with E-state index >= 15 is 0 Å². The highest BCUT2D eigenvalue weighted by atomic mass is 32.1. The van der Waals surface area contributed by atoms with Gasteiger partial charge in [0.2, 0.25) is 0 Å². The molecule has 0 saturated carbocycles. The van der Waals surface area contributed by atoms with Gasteiger partial charge in [0.1, 0.15) is 5.01 Å². The Hall–Kier alpha value is -1.26. The van der Waals surface area contributed by atoms with E-state index in [-0.39, 0.29) is 11.5 Å². The van der Waals surface area contributed by atoms with Gasteiger partial charge in [-0.2, -0.15) is 0 Å². The summed E-state index contributed by atoms with van der Waals surface area (Å²) in [5.74, 6) is 0. The third-order valence-electron chi connectivity index (χ3n) is 3.15. The molecule has 1 N–H and O–H groups in total. The third-order valence-corrected chi connectivity index (χ3v) is 4.06. The average molecular weight is 289 g/mol. The maximum absolute atomic E-state index is 4.84. The van der Waals surface area contributed by atoms with Crippen molar-refractivity contribution in [2.75, 3.05) is 6.54 Å². The molecule has 2 aromatic heterocycles. The van der Waals surface area contributed by atoms with Crippen molar-refractivity contribution in [3.63, 3.8) is 0 Å². The second kappa shape index (κ2) is 6.46. The molecule has 0 aliphatic rings. The van der Waals surface area contributed by atoms with E-state index in [0.29, 0.717) is 0 Å². The lowest BCUT2D eigenvalue weighted by molar-refractivity contribution is 0.557. The number of hydrogen-bond donors (Lipinski definition) is 1. The predicted octanol–water partition coefficient (Wildman–Crippen LogP) is 3.92. The molecule has 2 aromatic rings. The molecule has 1 unspecified atom stereocenters. The standard InChI is InChI=1S/C16H23N3S/c1-5-8-18-14(12-7-6-9-17-10-12)15-19-13(11-20-15)16(2,3)4/h6-7,9-11,14,18H,5,8H2,1-4H3. The lowest BCUT2D eigenvalue weighted by Crippen LogP contribution is -2.23. The molecule has 0 aliphatic carbocycles. The number of thiazole rings is 1. The lowest BCUT2D eigenvalue weighted by Gasteiger charge is -2.17. The normalized spacial score (nSPS) is 13.4. The van der Waals surface area contributed by atoms with Crippen LogP contribution in [0.15, 0.2) is 29.9 Å². The van der Waals surface area contributed by atoms with E-state index in [0.717, 1.165) is 23.7 Å². The van der Waals surface area contributed by atoms with E-state index in [2.05, 4.69) is 49.4 Å². The van der Waals surface area contributed by atoms with Gasteiger partial charge < -0.3 is 5.32 Å². The van der Waals surface area contributed by atoms with Crippen LogP contribution in [-0.2, 0) is 5.41 Å². The molecule has 3 nitrogen and oxygen atoms in total. The lowest BCUT2D eigenvalue weighted by atomic mass is 9.93. The summed E-state index contributed by atoms with van der Waals surface area (Å²) in [5, 5.41) is 6.87. The fraction of sp³-hybridized carbons (Fsp3) is 0.500. The number of hydrogen-bond acceptors (Lipinski definition) is 4. The van der Waals surface area contributed by atoms with Crippen molar-refractivity contribution >= 4 is 11.3 Å². The molecule has 0 aromatic carbocycles. The largest absolute Gasteiger partial charge is 0.304 e. The highest BCUT2D eigenvalue weighted by Crippen LogP contribution is 2.29. The van der Waals surface area contributed by atoms with Crippen LogP contribution in [0.5, 0.6) is 0 Å². The Morgan fingerprint density at radius 3 is 2.70 bits per heavy atom. The topological polar surface area (TPSA) is 37.8 Å². The third kappa shape index (κ3) is 3.64. The van der Waals surface area contributed by atoms with Crippen LogP contribution in [0.2, 0.25) is 0 Å². The van der Waals surface area contributed by atoms with Crippen molar-refractivity contribution < 1.29 is 0 Å². The minimum Gasteiger partial charge on any atom is -0.304 e. The fourth-order valence-corrected chi connectivity index (χ4v) is 3.09. The quantitative estimate of drug-likeness (QED) is 0.906. The Labute approximate surface area is 125 Å². The SMILES string of the molecule is CCCNC(c1cccnc1)c1nc(C(C)(C)C)cs1. The Morgan fingerprint density at radius 2 is 2.15 bits per heavy atom. The molecule has 0 bridgehead atoms. The first kappa shape index (κ1) is 15.1. The van der Waals surface area contributed by atoms with E-state index in [1.165, 1.54) is 5.56 Å². The average Bonchev–Trinajstić information content (AvgIpc) is 2.90. The summed E-state index contributed by atoms with van der Waals surface area (Å²) in [7, 11) is 0. The van der Waals surface area contributed by atoms with Crippen LogP contribution in [0.25, 0.3) is 0 Å². The molecule has 0 spiro atoms. The van der Waals surface area contributed by atoms with Crippen LogP contribution in [0.4, 0.5) is 0 Å². The van der Waals surface area contributed by atoms with E-state index in [4.69, 9.17) is 4.98 Å². The van der Waals surface area contributed by atoms with Crippen LogP contribution in [0.1, 0.15) is 56.4 Å². The van der Waals surface area contributed by atoms with Crippen molar-refractivity contribution in [1.82, 2.24) is 15.3 Å². The highest BCUT2D eigenvalue weighted by Gasteiger charge is 2.22. The minimum absolute atomic E-state index is 0.0962. The number of pyridine rings is 1. The van der Waals surface area contributed by atoms with Gasteiger partial charge in [-0.05, 0) is 24.6 Å². The van der Waals surface area contributed by atoms with Gasteiger partial charge in [0.15, 0.2) is 0 Å². The molecule has 0 radical (unpaired) electrons. The zero-order valence-electron chi connectivity index (χ0n) is 12.7. The number of aromatic nitrogens is 2. The molecule has 0 amide bonds. The second-order valence-corrected chi connectivity index (χ2v) is 6.88. The van der Waals surface area contributed by atoms with Gasteiger partial charge in [0.25, 0.3) is 0 Å².